The number of nitrogens with one attached hydrogen (secondary N) is 1. The number of carbonyl (C=O) groups is 2. The maximum Gasteiger partial charge on any atom is 0.338 e. The number of pyridine rings is 1. The fourth-order valence-electron chi connectivity index (χ4n) is 3.91. The van der Waals surface area contributed by atoms with E-state index in [1.165, 1.54) is 37.6 Å². The van der Waals surface area contributed by atoms with Crippen molar-refractivity contribution in [3.05, 3.63) is 29.0 Å². The maximum atomic E-state index is 12.2. The summed E-state index contributed by atoms with van der Waals surface area (Å²) in [6.07, 6.45) is 7.15. The van der Waals surface area contributed by atoms with Crippen LogP contribution < -0.4 is 5.32 Å². The summed E-state index contributed by atoms with van der Waals surface area (Å²) in [4.78, 5) is 30.5. The highest BCUT2D eigenvalue weighted by Gasteiger charge is 2.38. The minimum atomic E-state index is -0.588. The average Bonchev–Trinajstić information content (AvgIpc) is 2.72. The van der Waals surface area contributed by atoms with Gasteiger partial charge in [-0.1, -0.05) is 30.9 Å². The van der Waals surface area contributed by atoms with Crippen LogP contribution in [0.25, 0.3) is 0 Å². The van der Waals surface area contributed by atoms with Crippen molar-refractivity contribution in [2.24, 2.45) is 0 Å². The van der Waals surface area contributed by atoms with E-state index in [0.29, 0.717) is 6.54 Å². The van der Waals surface area contributed by atoms with Gasteiger partial charge in [0.2, 0.25) is 0 Å². The first-order chi connectivity index (χ1) is 13.1. The highest BCUT2D eigenvalue weighted by Crippen LogP contribution is 2.33. The van der Waals surface area contributed by atoms with Gasteiger partial charge in [-0.2, -0.15) is 0 Å². The molecule has 1 aromatic rings. The molecule has 1 saturated carbocycles. The summed E-state index contributed by atoms with van der Waals surface area (Å²) in [7, 11) is 0. The summed E-state index contributed by atoms with van der Waals surface area (Å²) in [6, 6.07) is 2.92. The Balaban J connectivity index is 1.51. The van der Waals surface area contributed by atoms with E-state index in [1.54, 1.807) is 0 Å². The van der Waals surface area contributed by atoms with Crippen LogP contribution >= 0.6 is 11.6 Å². The van der Waals surface area contributed by atoms with Crippen molar-refractivity contribution in [1.82, 2.24) is 15.2 Å². The van der Waals surface area contributed by atoms with E-state index in [0.717, 1.165) is 39.1 Å². The second kappa shape index (κ2) is 9.48. The van der Waals surface area contributed by atoms with E-state index < -0.39 is 5.97 Å². The Morgan fingerprint density at radius 1 is 1.26 bits per heavy atom. The summed E-state index contributed by atoms with van der Waals surface area (Å²) in [5, 5.41) is 3.18. The van der Waals surface area contributed by atoms with Gasteiger partial charge in [-0.05, 0) is 25.0 Å². The lowest BCUT2D eigenvalue weighted by molar-refractivity contribution is -0.125. The van der Waals surface area contributed by atoms with Crippen LogP contribution in [-0.4, -0.2) is 66.8 Å². The molecule has 0 radical (unpaired) electrons. The fraction of sp³-hybridized carbons (Fsp3) is 0.632. The van der Waals surface area contributed by atoms with Crippen LogP contribution in [0, 0.1) is 0 Å². The van der Waals surface area contributed by atoms with E-state index in [2.05, 4.69) is 15.2 Å². The fourth-order valence-corrected chi connectivity index (χ4v) is 4.08. The van der Waals surface area contributed by atoms with Crippen LogP contribution in [0.1, 0.15) is 42.5 Å². The van der Waals surface area contributed by atoms with Crippen LogP contribution in [0.4, 0.5) is 0 Å². The molecule has 2 aliphatic rings. The van der Waals surface area contributed by atoms with Gasteiger partial charge in [0.05, 0.1) is 18.8 Å². The first-order valence-electron chi connectivity index (χ1n) is 9.47. The van der Waals surface area contributed by atoms with Crippen LogP contribution in [0.3, 0.4) is 0 Å². The van der Waals surface area contributed by atoms with Gasteiger partial charge < -0.3 is 14.8 Å². The number of halogens is 1. The summed E-state index contributed by atoms with van der Waals surface area (Å²) in [6.45, 7) is 3.54. The Kier molecular flexibility index (Phi) is 7.04. The number of morpholine rings is 1. The molecule has 1 aliphatic heterocycles. The van der Waals surface area contributed by atoms with E-state index >= 15 is 0 Å². The molecule has 1 saturated heterocycles. The normalized spacial score (nSPS) is 20.0. The molecule has 2 fully saturated rings. The molecule has 7 nitrogen and oxygen atoms in total. The molecule has 1 aliphatic carbocycles. The Hall–Kier alpha value is -1.70. The maximum absolute atomic E-state index is 12.2. The monoisotopic (exact) mass is 395 g/mol. The smallest absolute Gasteiger partial charge is 0.338 e. The van der Waals surface area contributed by atoms with Crippen molar-refractivity contribution in [1.29, 1.82) is 0 Å². The zero-order valence-corrected chi connectivity index (χ0v) is 16.2. The molecule has 1 aromatic heterocycles. The Bertz CT molecular complexity index is 658. The molecule has 8 heteroatoms. The minimum Gasteiger partial charge on any atom is -0.452 e. The minimum absolute atomic E-state index is 0.0136. The number of rotatable bonds is 6. The molecular formula is C19H26ClN3O4. The Morgan fingerprint density at radius 3 is 2.70 bits per heavy atom. The second-order valence-corrected chi connectivity index (χ2v) is 7.49. The van der Waals surface area contributed by atoms with Crippen molar-refractivity contribution >= 4 is 23.5 Å². The van der Waals surface area contributed by atoms with Gasteiger partial charge in [0, 0.05) is 31.4 Å². The lowest BCUT2D eigenvalue weighted by Gasteiger charge is -2.48. The number of esters is 1. The Labute approximate surface area is 164 Å². The van der Waals surface area contributed by atoms with Gasteiger partial charge in [-0.25, -0.2) is 9.78 Å². The molecule has 3 rings (SSSR count). The molecule has 0 aromatic carbocycles. The predicted octanol–water partition coefficient (Wildman–Crippen LogP) is 2.04. The lowest BCUT2D eigenvalue weighted by Crippen LogP contribution is -2.59. The molecule has 0 unspecified atom stereocenters. The summed E-state index contributed by atoms with van der Waals surface area (Å²) in [5.41, 5.74) is 0.264. The van der Waals surface area contributed by atoms with Gasteiger partial charge in [0.1, 0.15) is 5.15 Å². The highest BCUT2D eigenvalue weighted by atomic mass is 35.5. The molecule has 1 N–H and O–H groups in total. The topological polar surface area (TPSA) is 80.8 Å². The summed E-state index contributed by atoms with van der Waals surface area (Å²) >= 11 is 5.76. The molecule has 148 valence electrons. The molecule has 1 amide bonds. The van der Waals surface area contributed by atoms with E-state index in [4.69, 9.17) is 21.1 Å². The van der Waals surface area contributed by atoms with Crippen LogP contribution in [-0.2, 0) is 14.3 Å². The van der Waals surface area contributed by atoms with Crippen molar-refractivity contribution < 1.29 is 19.1 Å². The van der Waals surface area contributed by atoms with E-state index in [1.807, 2.05) is 0 Å². The van der Waals surface area contributed by atoms with Gasteiger partial charge in [0.15, 0.2) is 6.61 Å². The highest BCUT2D eigenvalue weighted by molar-refractivity contribution is 6.29. The Morgan fingerprint density at radius 2 is 2.00 bits per heavy atom. The van der Waals surface area contributed by atoms with Crippen LogP contribution in [0.5, 0.6) is 0 Å². The lowest BCUT2D eigenvalue weighted by atomic mass is 9.79. The molecule has 2 heterocycles. The molecule has 0 spiro atoms. The number of aromatic nitrogens is 1. The number of carbonyl (C=O) groups excluding carboxylic acids is 2. The van der Waals surface area contributed by atoms with Crippen molar-refractivity contribution in [3.63, 3.8) is 0 Å². The number of ether oxygens (including phenoxy) is 2. The summed E-state index contributed by atoms with van der Waals surface area (Å²) in [5.74, 6) is -0.878. The summed E-state index contributed by atoms with van der Waals surface area (Å²) < 4.78 is 10.6. The van der Waals surface area contributed by atoms with Crippen molar-refractivity contribution in [2.45, 2.75) is 37.6 Å². The molecular weight excluding hydrogens is 370 g/mol. The number of amides is 1. The predicted molar refractivity (Wildman–Crippen MR) is 101 cm³/mol. The van der Waals surface area contributed by atoms with Crippen molar-refractivity contribution in [2.75, 3.05) is 39.5 Å². The average molecular weight is 396 g/mol. The van der Waals surface area contributed by atoms with Crippen LogP contribution in [0.15, 0.2) is 18.3 Å². The molecule has 27 heavy (non-hydrogen) atoms. The standard InChI is InChI=1S/C19H26ClN3O4/c20-16-12-15(4-7-21-16)18(25)27-13-17(24)22-14-19(5-2-1-3-6-19)23-8-10-26-11-9-23/h4,7,12H,1-3,5-6,8-11,13-14H2,(H,22,24). The van der Waals surface area contributed by atoms with Gasteiger partial charge in [-0.3, -0.25) is 9.69 Å². The molecule has 0 atom stereocenters. The third kappa shape index (κ3) is 5.40. The van der Waals surface area contributed by atoms with E-state index in [-0.39, 0.29) is 28.8 Å². The number of hydrogen-bond donors (Lipinski definition) is 1. The molecule has 0 bridgehead atoms. The number of nitrogens with zero attached hydrogens (tertiary/aromatic N) is 2. The largest absolute Gasteiger partial charge is 0.452 e. The van der Waals surface area contributed by atoms with Crippen molar-refractivity contribution in [3.8, 4) is 0 Å². The number of hydrogen-bond acceptors (Lipinski definition) is 6. The SMILES string of the molecule is O=C(COC(=O)c1ccnc(Cl)c1)NCC1(N2CCOCC2)CCCCC1. The van der Waals surface area contributed by atoms with Crippen LogP contribution in [0.2, 0.25) is 5.15 Å². The third-order valence-corrected chi connectivity index (χ3v) is 5.58. The second-order valence-electron chi connectivity index (χ2n) is 7.10. The first kappa shape index (κ1) is 20.0. The third-order valence-electron chi connectivity index (χ3n) is 5.38. The van der Waals surface area contributed by atoms with Gasteiger partial charge in [-0.15, -0.1) is 0 Å². The zero-order valence-electron chi connectivity index (χ0n) is 15.4. The van der Waals surface area contributed by atoms with E-state index in [9.17, 15) is 9.59 Å². The van der Waals surface area contributed by atoms with Gasteiger partial charge in [0.25, 0.3) is 5.91 Å². The zero-order chi connectivity index (χ0) is 19.1. The quantitative estimate of drug-likeness (QED) is 0.586. The first-order valence-corrected chi connectivity index (χ1v) is 9.85. The van der Waals surface area contributed by atoms with Gasteiger partial charge >= 0.3 is 5.97 Å².